The highest BCUT2D eigenvalue weighted by atomic mass is 35.5. The minimum atomic E-state index is -1.55. The molecule has 0 unspecified atom stereocenters. The van der Waals surface area contributed by atoms with Crippen molar-refractivity contribution >= 4 is 30.3 Å². The molecule has 0 atom stereocenters. The quantitative estimate of drug-likeness (QED) is 0.415. The van der Waals surface area contributed by atoms with Crippen LogP contribution in [0.3, 0.4) is 0 Å². The van der Waals surface area contributed by atoms with Crippen molar-refractivity contribution in [1.82, 2.24) is 0 Å². The molecule has 0 radical (unpaired) electrons. The zero-order valence-electron chi connectivity index (χ0n) is 7.14. The second kappa shape index (κ2) is 4.93. The molecular formula is C8H7BClNO3. The first-order valence-electron chi connectivity index (χ1n) is 3.83. The molecule has 0 saturated heterocycles. The highest BCUT2D eigenvalue weighted by molar-refractivity contribution is 6.58. The number of hydrogen-bond donors (Lipinski definition) is 2. The number of benzene rings is 1. The fourth-order valence-corrected chi connectivity index (χ4v) is 1.17. The first kappa shape index (κ1) is 11.0. The molecule has 6 heteroatoms. The monoisotopic (exact) mass is 211 g/mol. The van der Waals surface area contributed by atoms with Gasteiger partial charge in [-0.25, -0.2) is 9.79 Å². The molecule has 0 bridgehead atoms. The third kappa shape index (κ3) is 2.68. The van der Waals surface area contributed by atoms with Gasteiger partial charge >= 0.3 is 7.12 Å². The zero-order chi connectivity index (χ0) is 10.6. The molecular weight excluding hydrogens is 204 g/mol. The summed E-state index contributed by atoms with van der Waals surface area (Å²) in [5, 5.41) is 18.2. The van der Waals surface area contributed by atoms with Crippen LogP contribution in [0.5, 0.6) is 0 Å². The first-order valence-corrected chi connectivity index (χ1v) is 4.21. The number of isocyanates is 1. The van der Waals surface area contributed by atoms with Crippen molar-refractivity contribution in [3.05, 3.63) is 28.8 Å². The Labute approximate surface area is 86.0 Å². The third-order valence-electron chi connectivity index (χ3n) is 1.68. The molecule has 0 aliphatic heterocycles. The first-order chi connectivity index (χ1) is 6.65. The Balaban J connectivity index is 3.01. The van der Waals surface area contributed by atoms with E-state index >= 15 is 0 Å². The van der Waals surface area contributed by atoms with Crippen LogP contribution in [0.25, 0.3) is 0 Å². The lowest BCUT2D eigenvalue weighted by atomic mass is 9.79. The number of halogens is 1. The maximum atomic E-state index is 9.87. The highest BCUT2D eigenvalue weighted by Crippen LogP contribution is 2.14. The van der Waals surface area contributed by atoms with Gasteiger partial charge in [-0.15, -0.1) is 0 Å². The second-order valence-electron chi connectivity index (χ2n) is 2.63. The second-order valence-corrected chi connectivity index (χ2v) is 3.04. The molecule has 1 rings (SSSR count). The number of carbonyl (C=O) groups excluding carboxylic acids is 1. The van der Waals surface area contributed by atoms with Crippen LogP contribution in [0.4, 0.5) is 0 Å². The van der Waals surface area contributed by atoms with Crippen LogP contribution in [-0.2, 0) is 11.3 Å². The van der Waals surface area contributed by atoms with Crippen LogP contribution >= 0.6 is 11.6 Å². The van der Waals surface area contributed by atoms with Crippen molar-refractivity contribution < 1.29 is 14.8 Å². The van der Waals surface area contributed by atoms with E-state index in [9.17, 15) is 4.79 Å². The minimum absolute atomic E-state index is 0.0862. The van der Waals surface area contributed by atoms with Gasteiger partial charge in [0, 0.05) is 5.02 Å². The zero-order valence-corrected chi connectivity index (χ0v) is 7.90. The van der Waals surface area contributed by atoms with Crippen molar-refractivity contribution in [2.24, 2.45) is 4.99 Å². The molecule has 0 fully saturated rings. The topological polar surface area (TPSA) is 69.9 Å². The molecule has 0 aliphatic rings. The van der Waals surface area contributed by atoms with Gasteiger partial charge in [0.15, 0.2) is 0 Å². The standard InChI is InChI=1S/C8H7BClNO3/c10-8-2-1-7(9(13)14)3-6(8)4-11-5-12/h1-3,13-14H,4H2. The van der Waals surface area contributed by atoms with Crippen molar-refractivity contribution in [3.63, 3.8) is 0 Å². The maximum absolute atomic E-state index is 9.87. The van der Waals surface area contributed by atoms with E-state index in [0.717, 1.165) is 0 Å². The van der Waals surface area contributed by atoms with Gasteiger partial charge in [0.1, 0.15) is 0 Å². The van der Waals surface area contributed by atoms with E-state index in [0.29, 0.717) is 16.0 Å². The number of aliphatic imine (C=N–C) groups is 1. The van der Waals surface area contributed by atoms with Crippen LogP contribution in [-0.4, -0.2) is 23.2 Å². The molecule has 0 saturated carbocycles. The van der Waals surface area contributed by atoms with E-state index in [1.165, 1.54) is 24.3 Å². The van der Waals surface area contributed by atoms with Crippen molar-refractivity contribution in [1.29, 1.82) is 0 Å². The fraction of sp³-hybridized carbons (Fsp3) is 0.125. The fourth-order valence-electron chi connectivity index (χ4n) is 0.994. The van der Waals surface area contributed by atoms with Crippen molar-refractivity contribution in [2.45, 2.75) is 6.54 Å². The molecule has 4 nitrogen and oxygen atoms in total. The Morgan fingerprint density at radius 3 is 2.79 bits per heavy atom. The smallest absolute Gasteiger partial charge is 0.423 e. The summed E-state index contributed by atoms with van der Waals surface area (Å²) in [6, 6.07) is 4.49. The molecule has 0 aliphatic carbocycles. The van der Waals surface area contributed by atoms with E-state index < -0.39 is 7.12 Å². The third-order valence-corrected chi connectivity index (χ3v) is 2.05. The highest BCUT2D eigenvalue weighted by Gasteiger charge is 2.12. The number of hydrogen-bond acceptors (Lipinski definition) is 4. The molecule has 0 aromatic heterocycles. The van der Waals surface area contributed by atoms with Gasteiger partial charge in [0.25, 0.3) is 0 Å². The summed E-state index contributed by atoms with van der Waals surface area (Å²) >= 11 is 5.78. The Hall–Kier alpha value is -1.13. The van der Waals surface area contributed by atoms with E-state index in [-0.39, 0.29) is 6.54 Å². The predicted molar refractivity (Wildman–Crippen MR) is 53.1 cm³/mol. The van der Waals surface area contributed by atoms with Crippen LogP contribution < -0.4 is 5.46 Å². The summed E-state index contributed by atoms with van der Waals surface area (Å²) in [7, 11) is -1.55. The average molecular weight is 211 g/mol. The molecule has 1 aromatic carbocycles. The minimum Gasteiger partial charge on any atom is -0.423 e. The van der Waals surface area contributed by atoms with Crippen molar-refractivity contribution in [3.8, 4) is 0 Å². The van der Waals surface area contributed by atoms with Gasteiger partial charge < -0.3 is 10.0 Å². The summed E-state index contributed by atoms with van der Waals surface area (Å²) < 4.78 is 0. The lowest BCUT2D eigenvalue weighted by Gasteiger charge is -2.03. The molecule has 14 heavy (non-hydrogen) atoms. The van der Waals surface area contributed by atoms with Gasteiger partial charge in [-0.3, -0.25) is 0 Å². The molecule has 72 valence electrons. The summed E-state index contributed by atoms with van der Waals surface area (Å²) in [4.78, 5) is 13.2. The molecule has 0 amide bonds. The summed E-state index contributed by atoms with van der Waals surface area (Å²) in [6.45, 7) is 0.0862. The van der Waals surface area contributed by atoms with Gasteiger partial charge in [-0.2, -0.15) is 0 Å². The largest absolute Gasteiger partial charge is 0.488 e. The van der Waals surface area contributed by atoms with Crippen LogP contribution in [0.2, 0.25) is 5.02 Å². The normalized spacial score (nSPS) is 9.36. The van der Waals surface area contributed by atoms with Gasteiger partial charge in [-0.05, 0) is 17.1 Å². The summed E-state index contributed by atoms with van der Waals surface area (Å²) in [5.74, 6) is 0. The Kier molecular flexibility index (Phi) is 3.86. The summed E-state index contributed by atoms with van der Waals surface area (Å²) in [5.41, 5.74) is 0.867. The van der Waals surface area contributed by atoms with Crippen molar-refractivity contribution in [2.75, 3.05) is 0 Å². The molecule has 0 heterocycles. The van der Waals surface area contributed by atoms with Gasteiger partial charge in [0.05, 0.1) is 6.54 Å². The van der Waals surface area contributed by atoms with E-state index in [1.54, 1.807) is 0 Å². The maximum Gasteiger partial charge on any atom is 0.488 e. The number of nitrogens with zero attached hydrogens (tertiary/aromatic N) is 1. The summed E-state index contributed by atoms with van der Waals surface area (Å²) in [6.07, 6.45) is 1.38. The van der Waals surface area contributed by atoms with Gasteiger partial charge in [-0.1, -0.05) is 23.7 Å². The predicted octanol–water partition coefficient (Wildman–Crippen LogP) is -0.144. The molecule has 2 N–H and O–H groups in total. The number of rotatable bonds is 3. The molecule has 1 aromatic rings. The average Bonchev–Trinajstić information content (AvgIpc) is 2.16. The van der Waals surface area contributed by atoms with E-state index in [1.807, 2.05) is 0 Å². The Morgan fingerprint density at radius 1 is 1.50 bits per heavy atom. The van der Waals surface area contributed by atoms with E-state index in [2.05, 4.69) is 4.99 Å². The van der Waals surface area contributed by atoms with Crippen LogP contribution in [0.1, 0.15) is 5.56 Å². The van der Waals surface area contributed by atoms with Gasteiger partial charge in [0.2, 0.25) is 6.08 Å². The molecule has 0 spiro atoms. The SMILES string of the molecule is O=C=NCc1cc(B(O)O)ccc1Cl. The van der Waals surface area contributed by atoms with Crippen LogP contribution in [0, 0.1) is 0 Å². The lowest BCUT2D eigenvalue weighted by molar-refractivity contribution is 0.425. The Morgan fingerprint density at radius 2 is 2.21 bits per heavy atom. The van der Waals surface area contributed by atoms with Crippen LogP contribution in [0.15, 0.2) is 23.2 Å². The lowest BCUT2D eigenvalue weighted by Crippen LogP contribution is -2.29. The van der Waals surface area contributed by atoms with E-state index in [4.69, 9.17) is 21.6 Å². The Bertz CT molecular complexity index is 377.